The van der Waals surface area contributed by atoms with Crippen molar-refractivity contribution in [2.45, 2.75) is 55.4 Å². The lowest BCUT2D eigenvalue weighted by Crippen LogP contribution is -2.58. The van der Waals surface area contributed by atoms with E-state index in [2.05, 4.69) is 5.10 Å². The molecule has 2 N–H and O–H groups in total. The summed E-state index contributed by atoms with van der Waals surface area (Å²) in [5.74, 6) is -4.05. The normalized spacial score (nSPS) is 30.5. The van der Waals surface area contributed by atoms with E-state index in [4.69, 9.17) is 15.2 Å². The van der Waals surface area contributed by atoms with Gasteiger partial charge >= 0.3 is 6.18 Å². The Morgan fingerprint density at radius 1 is 1.09 bits per heavy atom. The average molecular weight is 480 g/mol. The minimum absolute atomic E-state index is 0.0408. The Morgan fingerprint density at radius 3 is 2.47 bits per heavy atom. The average Bonchev–Trinajstić information content (AvgIpc) is 3.30. The molecule has 3 aliphatic heterocycles. The summed E-state index contributed by atoms with van der Waals surface area (Å²) in [6.45, 7) is 1.02. The minimum atomic E-state index is -4.78. The van der Waals surface area contributed by atoms with E-state index < -0.39 is 53.5 Å². The molecule has 0 aliphatic carbocycles. The number of rotatable bonds is 4. The summed E-state index contributed by atoms with van der Waals surface area (Å²) in [6, 6.07) is -1.43. The van der Waals surface area contributed by atoms with Gasteiger partial charge in [-0.3, -0.25) is 4.90 Å². The number of halogens is 6. The number of benzene rings is 1. The van der Waals surface area contributed by atoms with Gasteiger partial charge in [0, 0.05) is 60.5 Å². The topological polar surface area (TPSA) is 68.8 Å². The predicted octanol–water partition coefficient (Wildman–Crippen LogP) is 3.26. The van der Waals surface area contributed by atoms with Crippen molar-refractivity contribution in [2.24, 2.45) is 5.73 Å². The van der Waals surface area contributed by atoms with Gasteiger partial charge in [0.2, 0.25) is 0 Å². The highest BCUT2D eigenvalue weighted by Gasteiger charge is 2.54. The molecule has 32 heavy (non-hydrogen) atoms. The summed E-state index contributed by atoms with van der Waals surface area (Å²) in [5.41, 5.74) is 7.01. The molecule has 0 bridgehead atoms. The molecule has 3 aliphatic rings. The molecule has 13 heteroatoms. The van der Waals surface area contributed by atoms with Crippen LogP contribution >= 0.6 is 11.9 Å². The Kier molecular flexibility index (Phi) is 5.44. The molecule has 4 heterocycles. The van der Waals surface area contributed by atoms with Gasteiger partial charge in [0.15, 0.2) is 17.7 Å². The van der Waals surface area contributed by atoms with Crippen LogP contribution in [-0.2, 0) is 22.6 Å². The monoisotopic (exact) mass is 480 g/mol. The van der Waals surface area contributed by atoms with E-state index in [0.717, 1.165) is 5.56 Å². The Bertz CT molecular complexity index is 1010. The highest BCUT2D eigenvalue weighted by molar-refractivity contribution is 7.98. The molecule has 0 radical (unpaired) electrons. The molecule has 4 unspecified atom stereocenters. The number of alkyl halides is 3. The smallest absolute Gasteiger partial charge is 0.360 e. The van der Waals surface area contributed by atoms with Crippen LogP contribution in [0.5, 0.6) is 0 Å². The Balaban J connectivity index is 1.37. The fraction of sp³-hybridized carbons (Fsp3) is 0.526. The lowest BCUT2D eigenvalue weighted by atomic mass is 9.89. The van der Waals surface area contributed by atoms with Crippen LogP contribution in [0, 0.1) is 17.5 Å². The van der Waals surface area contributed by atoms with E-state index in [0.29, 0.717) is 18.4 Å². The molecule has 0 saturated carbocycles. The molecule has 5 atom stereocenters. The molecule has 1 aromatic heterocycles. The van der Waals surface area contributed by atoms with Crippen LogP contribution in [0.15, 0.2) is 18.3 Å². The first-order valence-corrected chi connectivity index (χ1v) is 10.7. The quantitative estimate of drug-likeness (QED) is 0.412. The van der Waals surface area contributed by atoms with Crippen LogP contribution in [0.3, 0.4) is 0 Å². The van der Waals surface area contributed by atoms with Gasteiger partial charge < -0.3 is 15.2 Å². The summed E-state index contributed by atoms with van der Waals surface area (Å²) in [4.78, 5) is 1.58. The number of hydrogen-bond donors (Lipinski definition) is 1. The summed E-state index contributed by atoms with van der Waals surface area (Å²) in [5, 5.41) is 4.39. The predicted molar refractivity (Wildman–Crippen MR) is 101 cm³/mol. The maximum atomic E-state index is 14.2. The maximum Gasteiger partial charge on any atom is 0.416 e. The van der Waals surface area contributed by atoms with E-state index in [1.54, 1.807) is 15.2 Å². The van der Waals surface area contributed by atoms with Crippen molar-refractivity contribution in [3.63, 3.8) is 0 Å². The third-order valence-corrected chi connectivity index (χ3v) is 6.70. The van der Waals surface area contributed by atoms with Crippen molar-refractivity contribution < 1.29 is 35.8 Å². The van der Waals surface area contributed by atoms with Gasteiger partial charge in [-0.15, -0.1) is 0 Å². The number of aromatic nitrogens is 2. The fourth-order valence-corrected chi connectivity index (χ4v) is 5.01. The first kappa shape index (κ1) is 22.0. The molecule has 6 nitrogen and oxygen atoms in total. The van der Waals surface area contributed by atoms with Crippen molar-refractivity contribution in [2.75, 3.05) is 6.61 Å². The van der Waals surface area contributed by atoms with E-state index in [9.17, 15) is 26.3 Å². The minimum Gasteiger partial charge on any atom is -0.360 e. The molecule has 174 valence electrons. The van der Waals surface area contributed by atoms with Crippen LogP contribution < -0.4 is 5.73 Å². The van der Waals surface area contributed by atoms with Crippen molar-refractivity contribution in [3.8, 4) is 0 Å². The maximum absolute atomic E-state index is 14.2. The molecule has 0 amide bonds. The first-order chi connectivity index (χ1) is 15.1. The number of fused-ring (bicyclic) bond motifs is 1. The molecule has 1 aromatic carbocycles. The zero-order valence-electron chi connectivity index (χ0n) is 16.4. The van der Waals surface area contributed by atoms with Gasteiger partial charge in [0.1, 0.15) is 17.4 Å². The summed E-state index contributed by atoms with van der Waals surface area (Å²) < 4.78 is 94.9. The number of nitrogens with two attached hydrogens (primary N) is 1. The zero-order chi connectivity index (χ0) is 22.8. The van der Waals surface area contributed by atoms with E-state index >= 15 is 0 Å². The molecule has 5 rings (SSSR count). The molecular weight excluding hydrogens is 462 g/mol. The Labute approximate surface area is 182 Å². The van der Waals surface area contributed by atoms with Crippen LogP contribution in [0.1, 0.15) is 29.3 Å². The summed E-state index contributed by atoms with van der Waals surface area (Å²) >= 11 is 1.38. The van der Waals surface area contributed by atoms with Crippen molar-refractivity contribution in [3.05, 3.63) is 52.6 Å². The number of epoxide rings is 1. The second-order valence-corrected chi connectivity index (χ2v) is 9.16. The standard InChI is InChI=1S/C19H18F6N4O2S/c20-10-2-12(22)11(21)1-9(10)17-13(26)3-15(18(31-17)19(23,24)25)28-4-8-5-29(27-14(8)6-28)32-16-7-30-16/h1-2,5,13,15-18H,3-4,6-7,26H2/t13?,15?,16?,17-,18?/m1/s1. The van der Waals surface area contributed by atoms with Crippen molar-refractivity contribution in [1.82, 2.24) is 14.1 Å². The van der Waals surface area contributed by atoms with Gasteiger partial charge in [-0.2, -0.15) is 18.3 Å². The molecule has 2 saturated heterocycles. The molecule has 2 fully saturated rings. The summed E-state index contributed by atoms with van der Waals surface area (Å²) in [6.07, 6.45) is -7.06. The SMILES string of the molecule is NC1CC(N2Cc3cn(SC4CO4)nc3C2)C(C(F)(F)F)O[C@@H]1c1cc(F)c(F)cc1F. The molecule has 0 spiro atoms. The van der Waals surface area contributed by atoms with Crippen LogP contribution in [0.25, 0.3) is 0 Å². The second-order valence-electron chi connectivity index (χ2n) is 8.05. The van der Waals surface area contributed by atoms with Gasteiger partial charge in [-0.1, -0.05) is 0 Å². The van der Waals surface area contributed by atoms with Gasteiger partial charge in [-0.25, -0.2) is 17.3 Å². The largest absolute Gasteiger partial charge is 0.416 e. The first-order valence-electron chi connectivity index (χ1n) is 9.82. The lowest BCUT2D eigenvalue weighted by molar-refractivity contribution is -0.269. The lowest BCUT2D eigenvalue weighted by Gasteiger charge is -2.44. The van der Waals surface area contributed by atoms with E-state index in [-0.39, 0.29) is 31.0 Å². The van der Waals surface area contributed by atoms with Crippen molar-refractivity contribution in [1.29, 1.82) is 0 Å². The third-order valence-electron chi connectivity index (χ3n) is 5.79. The van der Waals surface area contributed by atoms with Crippen LogP contribution in [0.4, 0.5) is 26.3 Å². The Morgan fingerprint density at radius 2 is 1.81 bits per heavy atom. The number of nitrogens with zero attached hydrogens (tertiary/aromatic N) is 3. The fourth-order valence-electron chi connectivity index (χ4n) is 4.23. The van der Waals surface area contributed by atoms with E-state index in [1.807, 2.05) is 0 Å². The van der Waals surface area contributed by atoms with E-state index in [1.165, 1.54) is 11.9 Å². The van der Waals surface area contributed by atoms with Crippen LogP contribution in [0.2, 0.25) is 0 Å². The number of ether oxygens (including phenoxy) is 2. The number of hydrogen-bond acceptors (Lipinski definition) is 6. The third kappa shape index (κ3) is 4.12. The van der Waals surface area contributed by atoms with Crippen LogP contribution in [-0.4, -0.2) is 50.5 Å². The zero-order valence-corrected chi connectivity index (χ0v) is 17.2. The molecular formula is C19H18F6N4O2S. The van der Waals surface area contributed by atoms with Gasteiger partial charge in [-0.05, 0) is 12.5 Å². The second kappa shape index (κ2) is 7.90. The highest BCUT2D eigenvalue weighted by Crippen LogP contribution is 2.42. The molecule has 2 aromatic rings. The van der Waals surface area contributed by atoms with Gasteiger partial charge in [0.05, 0.1) is 12.3 Å². The highest BCUT2D eigenvalue weighted by atomic mass is 32.2. The Hall–Kier alpha value is -1.80. The van der Waals surface area contributed by atoms with Gasteiger partial charge in [0.25, 0.3) is 0 Å². The summed E-state index contributed by atoms with van der Waals surface area (Å²) in [7, 11) is 0. The van der Waals surface area contributed by atoms with Crippen molar-refractivity contribution >= 4 is 11.9 Å².